The number of aliphatic hydroxyl groups is 1. The first-order chi connectivity index (χ1) is 13.1. The molecule has 0 aliphatic carbocycles. The Labute approximate surface area is 160 Å². The number of hydrogen-bond acceptors (Lipinski definition) is 5. The summed E-state index contributed by atoms with van der Waals surface area (Å²) in [6, 6.07) is 11.1. The van der Waals surface area contributed by atoms with Gasteiger partial charge < -0.3 is 9.84 Å². The van der Waals surface area contributed by atoms with Crippen molar-refractivity contribution in [2.75, 3.05) is 7.11 Å². The van der Waals surface area contributed by atoms with Crippen molar-refractivity contribution in [3.63, 3.8) is 0 Å². The predicted octanol–water partition coefficient (Wildman–Crippen LogP) is 3.22. The summed E-state index contributed by atoms with van der Waals surface area (Å²) in [5.41, 5.74) is 3.47. The normalized spacial score (nSPS) is 12.4. The topological polar surface area (TPSA) is 77.5 Å². The molecule has 7 nitrogen and oxygen atoms in total. The molecule has 0 aliphatic heterocycles. The van der Waals surface area contributed by atoms with E-state index in [-0.39, 0.29) is 0 Å². The van der Waals surface area contributed by atoms with Gasteiger partial charge in [0.25, 0.3) is 0 Å². The fourth-order valence-electron chi connectivity index (χ4n) is 3.17. The number of fused-ring (bicyclic) bond motifs is 1. The molecule has 27 heavy (non-hydrogen) atoms. The number of nitrogens with zero attached hydrogens (tertiary/aromatic N) is 5. The smallest absolute Gasteiger partial charge is 0.141 e. The number of halogens is 1. The second kappa shape index (κ2) is 7.02. The number of pyridine rings is 1. The molecule has 0 fully saturated rings. The summed E-state index contributed by atoms with van der Waals surface area (Å²) >= 11 is 6.38. The monoisotopic (exact) mass is 383 g/mol. The Kier molecular flexibility index (Phi) is 4.55. The van der Waals surface area contributed by atoms with E-state index in [1.54, 1.807) is 34.8 Å². The molecule has 4 rings (SSSR count). The van der Waals surface area contributed by atoms with E-state index >= 15 is 0 Å². The van der Waals surface area contributed by atoms with Crippen LogP contribution in [0.4, 0.5) is 0 Å². The van der Waals surface area contributed by atoms with E-state index in [4.69, 9.17) is 16.3 Å². The first kappa shape index (κ1) is 17.5. The van der Waals surface area contributed by atoms with Gasteiger partial charge in [-0.05, 0) is 42.8 Å². The highest BCUT2D eigenvalue weighted by Gasteiger charge is 2.25. The molecule has 1 N–H and O–H groups in total. The van der Waals surface area contributed by atoms with Gasteiger partial charge in [-0.1, -0.05) is 23.7 Å². The molecule has 0 aliphatic rings. The van der Waals surface area contributed by atoms with Gasteiger partial charge >= 0.3 is 0 Å². The van der Waals surface area contributed by atoms with Crippen LogP contribution in [0.5, 0.6) is 5.75 Å². The van der Waals surface area contributed by atoms with Crippen LogP contribution in [0, 0.1) is 0 Å². The molecule has 0 amide bonds. The van der Waals surface area contributed by atoms with Crippen LogP contribution in [-0.4, -0.2) is 36.6 Å². The molecule has 3 aromatic heterocycles. The van der Waals surface area contributed by atoms with Crippen LogP contribution in [0.25, 0.3) is 11.2 Å². The fourth-order valence-corrected chi connectivity index (χ4v) is 3.43. The van der Waals surface area contributed by atoms with Gasteiger partial charge in [0.05, 0.1) is 47.2 Å². The molecule has 4 aromatic rings. The van der Waals surface area contributed by atoms with E-state index < -0.39 is 6.10 Å². The highest BCUT2D eigenvalue weighted by molar-refractivity contribution is 6.31. The molecule has 0 radical (unpaired) electrons. The van der Waals surface area contributed by atoms with Gasteiger partial charge in [0.15, 0.2) is 0 Å². The average molecular weight is 384 g/mol. The molecule has 0 bridgehead atoms. The third-order valence-electron chi connectivity index (χ3n) is 4.53. The molecule has 1 unspecified atom stereocenters. The van der Waals surface area contributed by atoms with Crippen molar-refractivity contribution in [3.05, 3.63) is 71.0 Å². The summed E-state index contributed by atoms with van der Waals surface area (Å²) in [7, 11) is 1.62. The van der Waals surface area contributed by atoms with Crippen molar-refractivity contribution >= 4 is 17.1 Å². The van der Waals surface area contributed by atoms with Crippen LogP contribution in [0.1, 0.15) is 30.1 Å². The lowest BCUT2D eigenvalue weighted by Gasteiger charge is -2.15. The Morgan fingerprint density at radius 2 is 1.96 bits per heavy atom. The van der Waals surface area contributed by atoms with Gasteiger partial charge in [0.2, 0.25) is 0 Å². The Morgan fingerprint density at radius 1 is 1.19 bits per heavy atom. The molecule has 0 saturated carbocycles. The van der Waals surface area contributed by atoms with Crippen LogP contribution >= 0.6 is 11.6 Å². The fraction of sp³-hybridized carbons (Fsp3) is 0.211. The number of imidazole rings is 1. The van der Waals surface area contributed by atoms with Crippen molar-refractivity contribution in [2.24, 2.45) is 0 Å². The lowest BCUT2D eigenvalue weighted by atomic mass is 10.1. The van der Waals surface area contributed by atoms with E-state index in [1.165, 1.54) is 0 Å². The quantitative estimate of drug-likeness (QED) is 0.572. The molecule has 138 valence electrons. The highest BCUT2D eigenvalue weighted by atomic mass is 35.5. The number of methoxy groups -OCH3 is 1. The van der Waals surface area contributed by atoms with Gasteiger partial charge in [0, 0.05) is 0 Å². The Morgan fingerprint density at radius 3 is 2.67 bits per heavy atom. The summed E-state index contributed by atoms with van der Waals surface area (Å²) in [5, 5.41) is 20.0. The summed E-state index contributed by atoms with van der Waals surface area (Å²) in [6.45, 7) is 1.99. The molecule has 1 atom stereocenters. The van der Waals surface area contributed by atoms with E-state index in [1.807, 2.05) is 37.3 Å². The van der Waals surface area contributed by atoms with E-state index in [0.717, 1.165) is 22.6 Å². The van der Waals surface area contributed by atoms with Crippen molar-refractivity contribution < 1.29 is 9.84 Å². The molecule has 3 heterocycles. The number of rotatable bonds is 5. The summed E-state index contributed by atoms with van der Waals surface area (Å²) in [4.78, 5) is 4.13. The highest BCUT2D eigenvalue weighted by Crippen LogP contribution is 2.31. The minimum absolute atomic E-state index is 0.439. The number of aliphatic hydroxyl groups excluding tert-OH is 1. The zero-order chi connectivity index (χ0) is 19.0. The Balaban J connectivity index is 1.81. The van der Waals surface area contributed by atoms with Crippen molar-refractivity contribution in [1.82, 2.24) is 24.4 Å². The van der Waals surface area contributed by atoms with Crippen LogP contribution in [-0.2, 0) is 6.42 Å². The number of benzene rings is 1. The van der Waals surface area contributed by atoms with Gasteiger partial charge in [-0.25, -0.2) is 9.67 Å². The summed E-state index contributed by atoms with van der Waals surface area (Å²) in [6.07, 6.45) is 2.95. The zero-order valence-electron chi connectivity index (χ0n) is 14.9. The maximum Gasteiger partial charge on any atom is 0.141 e. The second-order valence-electron chi connectivity index (χ2n) is 6.04. The number of aromatic nitrogens is 5. The lowest BCUT2D eigenvalue weighted by Crippen LogP contribution is -2.10. The van der Waals surface area contributed by atoms with Crippen LogP contribution in [0.3, 0.4) is 0 Å². The second-order valence-corrected chi connectivity index (χ2v) is 6.45. The van der Waals surface area contributed by atoms with Gasteiger partial charge in [-0.15, -0.1) is 5.10 Å². The van der Waals surface area contributed by atoms with Crippen LogP contribution in [0.2, 0.25) is 5.02 Å². The molecule has 0 spiro atoms. The predicted molar refractivity (Wildman–Crippen MR) is 102 cm³/mol. The minimum Gasteiger partial charge on any atom is -0.497 e. The van der Waals surface area contributed by atoms with Crippen molar-refractivity contribution in [3.8, 4) is 11.4 Å². The molecule has 1 aromatic carbocycles. The number of ether oxygens (including phenoxy) is 1. The van der Waals surface area contributed by atoms with Crippen LogP contribution < -0.4 is 4.74 Å². The standard InChI is InChI=1S/C19H18ClN5O2/c1-3-16-17(22-23-25(16)12-4-7-14(27-2)8-5-12)19(26)18-15(20)9-6-13-10-21-11-24(13)18/h4-11,19,26H,3H2,1-2H3. The maximum atomic E-state index is 11.1. The third kappa shape index (κ3) is 2.94. The molecule has 0 saturated heterocycles. The summed E-state index contributed by atoms with van der Waals surface area (Å²) in [5.74, 6) is 0.760. The Hall–Kier alpha value is -2.90. The van der Waals surface area contributed by atoms with E-state index in [9.17, 15) is 5.11 Å². The first-order valence-electron chi connectivity index (χ1n) is 8.51. The van der Waals surface area contributed by atoms with Crippen LogP contribution in [0.15, 0.2) is 48.9 Å². The molecular formula is C19H18ClN5O2. The average Bonchev–Trinajstić information content (AvgIpc) is 3.34. The molecular weight excluding hydrogens is 366 g/mol. The molecule has 8 heteroatoms. The largest absolute Gasteiger partial charge is 0.497 e. The zero-order valence-corrected chi connectivity index (χ0v) is 15.6. The van der Waals surface area contributed by atoms with E-state index in [0.29, 0.717) is 22.8 Å². The minimum atomic E-state index is -1.03. The lowest BCUT2D eigenvalue weighted by molar-refractivity contribution is 0.208. The van der Waals surface area contributed by atoms with Gasteiger partial charge in [-0.3, -0.25) is 4.40 Å². The Bertz CT molecular complexity index is 1090. The third-order valence-corrected chi connectivity index (χ3v) is 4.85. The van der Waals surface area contributed by atoms with Gasteiger partial charge in [-0.2, -0.15) is 0 Å². The van der Waals surface area contributed by atoms with E-state index in [2.05, 4.69) is 15.3 Å². The van der Waals surface area contributed by atoms with Gasteiger partial charge in [0.1, 0.15) is 17.5 Å². The SMILES string of the molecule is CCc1c(C(O)c2c(Cl)ccc3cncn23)nnn1-c1ccc(OC)cc1. The maximum absolute atomic E-state index is 11.1. The van der Waals surface area contributed by atoms with Crippen molar-refractivity contribution in [1.29, 1.82) is 0 Å². The number of hydrogen-bond donors (Lipinski definition) is 1. The summed E-state index contributed by atoms with van der Waals surface area (Å²) < 4.78 is 8.69. The first-order valence-corrected chi connectivity index (χ1v) is 8.89. The van der Waals surface area contributed by atoms with Crippen molar-refractivity contribution in [2.45, 2.75) is 19.4 Å².